The number of carbonyl (C=O) groups excluding carboxylic acids is 1. The van der Waals surface area contributed by atoms with Crippen LogP contribution in [0.5, 0.6) is 0 Å². The van der Waals surface area contributed by atoms with Gasteiger partial charge in [0.25, 0.3) is 0 Å². The van der Waals surface area contributed by atoms with E-state index in [1.807, 2.05) is 45.0 Å². The van der Waals surface area contributed by atoms with Gasteiger partial charge in [-0.15, -0.1) is 0 Å². The van der Waals surface area contributed by atoms with E-state index in [-0.39, 0.29) is 5.78 Å². The van der Waals surface area contributed by atoms with Gasteiger partial charge in [0.1, 0.15) is 0 Å². The molecule has 90 valence electrons. The van der Waals surface area contributed by atoms with Gasteiger partial charge in [0.2, 0.25) is 0 Å². The number of nitrogens with one attached hydrogen (secondary N) is 1. The minimum absolute atomic E-state index is 0.104. The molecule has 0 saturated heterocycles. The summed E-state index contributed by atoms with van der Waals surface area (Å²) in [5.74, 6) is 0.104. The maximum absolute atomic E-state index is 12.3. The lowest BCUT2D eigenvalue weighted by molar-refractivity contribution is 0.0961. The minimum Gasteiger partial charge on any atom is -0.358 e. The van der Waals surface area contributed by atoms with Crippen LogP contribution in [0.1, 0.15) is 36.3 Å². The third-order valence-electron chi connectivity index (χ3n) is 2.79. The number of aryl methyl sites for hydroxylation is 1. The molecule has 17 heavy (non-hydrogen) atoms. The third-order valence-corrected chi connectivity index (χ3v) is 2.79. The van der Waals surface area contributed by atoms with Crippen molar-refractivity contribution < 1.29 is 4.79 Å². The smallest absolute Gasteiger partial charge is 0.167 e. The van der Waals surface area contributed by atoms with Gasteiger partial charge in [-0.25, -0.2) is 0 Å². The average molecular weight is 230 g/mol. The van der Waals surface area contributed by atoms with E-state index in [0.29, 0.717) is 6.42 Å². The number of aromatic nitrogens is 1. The minimum atomic E-state index is -0.470. The van der Waals surface area contributed by atoms with E-state index in [1.54, 1.807) is 0 Å². The second-order valence-electron chi connectivity index (χ2n) is 5.26. The number of fused-ring (bicyclic) bond motifs is 1. The summed E-state index contributed by atoms with van der Waals surface area (Å²) in [7, 11) is 0. The lowest BCUT2D eigenvalue weighted by Crippen LogP contribution is -2.34. The quantitative estimate of drug-likeness (QED) is 0.796. The van der Waals surface area contributed by atoms with E-state index in [9.17, 15) is 4.79 Å². The summed E-state index contributed by atoms with van der Waals surface area (Å²) in [6.45, 7) is 5.67. The number of para-hydroxylation sites is 1. The summed E-state index contributed by atoms with van der Waals surface area (Å²) < 4.78 is 0. The van der Waals surface area contributed by atoms with Crippen molar-refractivity contribution >= 4 is 16.7 Å². The highest BCUT2D eigenvalue weighted by Gasteiger charge is 2.21. The molecule has 0 bridgehead atoms. The molecule has 0 fully saturated rings. The van der Waals surface area contributed by atoms with Gasteiger partial charge in [-0.2, -0.15) is 0 Å². The standard InChI is InChI=1S/C14H18N2O/c1-9-13(12(17)8-14(2,3)15)10-6-4-5-7-11(10)16-9/h4-7,16H,8,15H2,1-3H3. The molecular weight excluding hydrogens is 212 g/mol. The van der Waals surface area contributed by atoms with Crippen LogP contribution in [0.4, 0.5) is 0 Å². The maximum Gasteiger partial charge on any atom is 0.167 e. The van der Waals surface area contributed by atoms with Crippen molar-refractivity contribution in [3.8, 4) is 0 Å². The van der Waals surface area contributed by atoms with Crippen LogP contribution in [0.3, 0.4) is 0 Å². The summed E-state index contributed by atoms with van der Waals surface area (Å²) >= 11 is 0. The normalized spacial score (nSPS) is 12.0. The van der Waals surface area contributed by atoms with Gasteiger partial charge in [0.15, 0.2) is 5.78 Å². The van der Waals surface area contributed by atoms with E-state index in [0.717, 1.165) is 22.2 Å². The fourth-order valence-corrected chi connectivity index (χ4v) is 2.14. The van der Waals surface area contributed by atoms with Crippen molar-refractivity contribution in [2.45, 2.75) is 32.7 Å². The Morgan fingerprint density at radius 1 is 1.35 bits per heavy atom. The van der Waals surface area contributed by atoms with Gasteiger partial charge in [0, 0.05) is 34.1 Å². The molecule has 0 atom stereocenters. The number of ketones is 1. The first kappa shape index (κ1) is 11.9. The van der Waals surface area contributed by atoms with Crippen molar-refractivity contribution in [3.05, 3.63) is 35.5 Å². The Morgan fingerprint density at radius 2 is 2.00 bits per heavy atom. The zero-order valence-electron chi connectivity index (χ0n) is 10.5. The van der Waals surface area contributed by atoms with Crippen molar-refractivity contribution in [2.75, 3.05) is 0 Å². The highest BCUT2D eigenvalue weighted by Crippen LogP contribution is 2.24. The topological polar surface area (TPSA) is 58.9 Å². The Kier molecular flexibility index (Phi) is 2.79. The first-order valence-electron chi connectivity index (χ1n) is 5.78. The number of benzene rings is 1. The molecule has 0 aliphatic heterocycles. The second kappa shape index (κ2) is 4.00. The lowest BCUT2D eigenvalue weighted by atomic mass is 9.94. The Labute approximate surface area is 101 Å². The molecule has 0 aliphatic carbocycles. The molecule has 2 aromatic rings. The van der Waals surface area contributed by atoms with Crippen LogP contribution in [0, 0.1) is 6.92 Å². The largest absolute Gasteiger partial charge is 0.358 e. The highest BCUT2D eigenvalue weighted by molar-refractivity contribution is 6.09. The molecule has 0 radical (unpaired) electrons. The maximum atomic E-state index is 12.3. The Morgan fingerprint density at radius 3 is 2.65 bits per heavy atom. The molecule has 0 amide bonds. The summed E-state index contributed by atoms with van der Waals surface area (Å²) in [6.07, 6.45) is 0.357. The molecule has 3 nitrogen and oxygen atoms in total. The molecule has 0 unspecified atom stereocenters. The van der Waals surface area contributed by atoms with Crippen molar-refractivity contribution in [2.24, 2.45) is 5.73 Å². The zero-order chi connectivity index (χ0) is 12.6. The van der Waals surface area contributed by atoms with Gasteiger partial charge in [0.05, 0.1) is 0 Å². The summed E-state index contributed by atoms with van der Waals surface area (Å²) in [4.78, 5) is 15.5. The Balaban J connectivity index is 2.48. The van der Waals surface area contributed by atoms with Crippen LogP contribution >= 0.6 is 0 Å². The van der Waals surface area contributed by atoms with Crippen molar-refractivity contribution in [1.82, 2.24) is 4.98 Å². The number of Topliss-reactive ketones (excluding diaryl/α,β-unsaturated/α-hetero) is 1. The number of carbonyl (C=O) groups is 1. The molecule has 3 N–H and O–H groups in total. The van der Waals surface area contributed by atoms with Crippen molar-refractivity contribution in [1.29, 1.82) is 0 Å². The number of rotatable bonds is 3. The zero-order valence-corrected chi connectivity index (χ0v) is 10.5. The molecule has 1 heterocycles. The van der Waals surface area contributed by atoms with Crippen LogP contribution in [0.15, 0.2) is 24.3 Å². The van der Waals surface area contributed by atoms with Crippen LogP contribution in [0.2, 0.25) is 0 Å². The summed E-state index contributed by atoms with van der Waals surface area (Å²) in [5, 5.41) is 0.985. The molecule has 2 rings (SSSR count). The average Bonchev–Trinajstić information content (AvgIpc) is 2.50. The number of aromatic amines is 1. The summed E-state index contributed by atoms with van der Waals surface area (Å²) in [5.41, 5.74) is 8.13. The molecular formula is C14H18N2O. The molecule has 1 aromatic heterocycles. The van der Waals surface area contributed by atoms with E-state index in [4.69, 9.17) is 5.73 Å². The Hall–Kier alpha value is -1.61. The second-order valence-corrected chi connectivity index (χ2v) is 5.26. The lowest BCUT2D eigenvalue weighted by Gasteiger charge is -2.17. The SMILES string of the molecule is Cc1[nH]c2ccccc2c1C(=O)CC(C)(C)N. The number of hydrogen-bond acceptors (Lipinski definition) is 2. The van der Waals surface area contributed by atoms with Crippen LogP contribution in [-0.4, -0.2) is 16.3 Å². The van der Waals surface area contributed by atoms with Crippen LogP contribution < -0.4 is 5.73 Å². The fraction of sp³-hybridized carbons (Fsp3) is 0.357. The van der Waals surface area contributed by atoms with E-state index >= 15 is 0 Å². The number of H-pyrrole nitrogens is 1. The van der Waals surface area contributed by atoms with E-state index in [1.165, 1.54) is 0 Å². The molecule has 0 spiro atoms. The Bertz CT molecular complexity index is 561. The first-order chi connectivity index (χ1) is 7.88. The van der Waals surface area contributed by atoms with Gasteiger partial charge < -0.3 is 10.7 Å². The highest BCUT2D eigenvalue weighted by atomic mass is 16.1. The van der Waals surface area contributed by atoms with E-state index < -0.39 is 5.54 Å². The first-order valence-corrected chi connectivity index (χ1v) is 5.78. The molecule has 3 heteroatoms. The fourth-order valence-electron chi connectivity index (χ4n) is 2.14. The van der Waals surface area contributed by atoms with E-state index in [2.05, 4.69) is 4.98 Å². The van der Waals surface area contributed by atoms with Gasteiger partial charge >= 0.3 is 0 Å². The van der Waals surface area contributed by atoms with Gasteiger partial charge in [-0.3, -0.25) is 4.79 Å². The molecule has 1 aromatic carbocycles. The van der Waals surface area contributed by atoms with Crippen LogP contribution in [-0.2, 0) is 0 Å². The number of hydrogen-bond donors (Lipinski definition) is 2. The predicted octanol–water partition coefficient (Wildman–Crippen LogP) is 2.79. The van der Waals surface area contributed by atoms with Crippen LogP contribution in [0.25, 0.3) is 10.9 Å². The molecule has 0 aliphatic rings. The predicted molar refractivity (Wildman–Crippen MR) is 70.2 cm³/mol. The van der Waals surface area contributed by atoms with Gasteiger partial charge in [-0.05, 0) is 26.8 Å². The van der Waals surface area contributed by atoms with Crippen molar-refractivity contribution in [3.63, 3.8) is 0 Å². The molecule has 0 saturated carbocycles. The monoisotopic (exact) mass is 230 g/mol. The summed E-state index contributed by atoms with van der Waals surface area (Å²) in [6, 6.07) is 7.85. The van der Waals surface area contributed by atoms with Gasteiger partial charge in [-0.1, -0.05) is 18.2 Å². The third kappa shape index (κ3) is 2.39. The number of nitrogens with two attached hydrogens (primary N) is 1.